The monoisotopic (exact) mass is 215 g/mol. The number of carboxylic acid groups (broad SMARTS) is 2. The molecule has 0 radical (unpaired) electrons. The maximum absolute atomic E-state index is 11.6. The highest BCUT2D eigenvalue weighted by Gasteiger charge is 2.48. The molecule has 1 unspecified atom stereocenters. The molecule has 0 aromatic rings. The normalized spacial score (nSPS) is 21.9. The number of aliphatic carboxylic acids is 1. The van der Waals surface area contributed by atoms with Gasteiger partial charge in [0.05, 0.1) is 11.3 Å². The zero-order valence-electron chi connectivity index (χ0n) is 8.56. The molecule has 6 heteroatoms. The number of nitrogens with zero attached hydrogens (tertiary/aromatic N) is 1. The van der Waals surface area contributed by atoms with E-state index >= 15 is 0 Å². The van der Waals surface area contributed by atoms with Gasteiger partial charge in [0.1, 0.15) is 0 Å². The lowest BCUT2D eigenvalue weighted by molar-refractivity contribution is -0.154. The van der Waals surface area contributed by atoms with E-state index in [1.807, 2.05) is 0 Å². The molecule has 1 fully saturated rings. The number of carbonyl (C=O) groups is 3. The number of likely N-dealkylation sites (tertiary alicyclic amines) is 1. The van der Waals surface area contributed by atoms with Crippen LogP contribution in [-0.4, -0.2) is 39.6 Å². The van der Waals surface area contributed by atoms with Crippen LogP contribution >= 0.6 is 0 Å². The van der Waals surface area contributed by atoms with Crippen LogP contribution < -0.4 is 0 Å². The van der Waals surface area contributed by atoms with E-state index in [1.54, 1.807) is 0 Å². The van der Waals surface area contributed by atoms with Crippen molar-refractivity contribution in [1.82, 2.24) is 4.90 Å². The Balaban J connectivity index is 2.89. The summed E-state index contributed by atoms with van der Waals surface area (Å²) in [6.45, 7) is 2.95. The van der Waals surface area contributed by atoms with E-state index in [0.29, 0.717) is 4.90 Å². The van der Waals surface area contributed by atoms with Crippen LogP contribution in [0, 0.1) is 11.3 Å². The molecule has 0 spiro atoms. The molecule has 1 heterocycles. The molecule has 15 heavy (non-hydrogen) atoms. The van der Waals surface area contributed by atoms with Crippen LogP contribution in [0.5, 0.6) is 0 Å². The first-order valence-corrected chi connectivity index (χ1v) is 4.56. The molecule has 2 amide bonds. The van der Waals surface area contributed by atoms with E-state index in [0.717, 1.165) is 0 Å². The van der Waals surface area contributed by atoms with Gasteiger partial charge in [0, 0.05) is 6.54 Å². The van der Waals surface area contributed by atoms with E-state index in [1.165, 1.54) is 13.8 Å². The summed E-state index contributed by atoms with van der Waals surface area (Å²) in [5, 5.41) is 17.6. The molecule has 1 saturated heterocycles. The number of imide groups is 1. The van der Waals surface area contributed by atoms with Gasteiger partial charge in [-0.05, 0) is 20.3 Å². The van der Waals surface area contributed by atoms with E-state index in [2.05, 4.69) is 0 Å². The van der Waals surface area contributed by atoms with Gasteiger partial charge in [-0.3, -0.25) is 9.59 Å². The summed E-state index contributed by atoms with van der Waals surface area (Å²) >= 11 is 0. The minimum atomic E-state index is -1.32. The quantitative estimate of drug-likeness (QED) is 0.704. The lowest BCUT2D eigenvalue weighted by Crippen LogP contribution is -2.40. The largest absolute Gasteiger partial charge is 0.481 e. The summed E-state index contributed by atoms with van der Waals surface area (Å²) < 4.78 is 0. The second kappa shape index (κ2) is 3.52. The number of hydrogen-bond donors (Lipinski definition) is 2. The molecule has 6 nitrogen and oxygen atoms in total. The molecule has 1 rings (SSSR count). The van der Waals surface area contributed by atoms with Crippen molar-refractivity contribution in [2.24, 2.45) is 11.3 Å². The standard InChI is InChI=1S/C9H13NO5/c1-9(2,7(12)13)5-3-4-10(6(5)11)8(14)15/h5H,3-4H2,1-2H3,(H,12,13)(H,14,15). The van der Waals surface area contributed by atoms with Crippen molar-refractivity contribution in [3.05, 3.63) is 0 Å². The maximum atomic E-state index is 11.6. The fourth-order valence-electron chi connectivity index (χ4n) is 1.69. The Bertz CT molecular complexity index is 322. The van der Waals surface area contributed by atoms with Gasteiger partial charge in [-0.25, -0.2) is 9.69 Å². The van der Waals surface area contributed by atoms with Crippen LogP contribution in [-0.2, 0) is 9.59 Å². The lowest BCUT2D eigenvalue weighted by atomic mass is 9.78. The molecule has 0 bridgehead atoms. The predicted molar refractivity (Wildman–Crippen MR) is 49.3 cm³/mol. The van der Waals surface area contributed by atoms with Gasteiger partial charge in [0.15, 0.2) is 0 Å². The summed E-state index contributed by atoms with van der Waals surface area (Å²) in [5.74, 6) is -2.46. The van der Waals surface area contributed by atoms with Crippen LogP contribution in [0.3, 0.4) is 0 Å². The smallest absolute Gasteiger partial charge is 0.414 e. The van der Waals surface area contributed by atoms with Crippen molar-refractivity contribution in [1.29, 1.82) is 0 Å². The van der Waals surface area contributed by atoms with Crippen LogP contribution in [0.2, 0.25) is 0 Å². The van der Waals surface area contributed by atoms with Crippen LogP contribution in [0.4, 0.5) is 4.79 Å². The number of carboxylic acids is 1. The summed E-state index contributed by atoms with van der Waals surface area (Å²) in [6.07, 6.45) is -1.05. The van der Waals surface area contributed by atoms with Crippen LogP contribution in [0.25, 0.3) is 0 Å². The summed E-state index contributed by atoms with van der Waals surface area (Å²) in [6, 6.07) is 0. The summed E-state index contributed by atoms with van der Waals surface area (Å²) in [4.78, 5) is 33.8. The van der Waals surface area contributed by atoms with Crippen molar-refractivity contribution >= 4 is 18.0 Å². The molecular weight excluding hydrogens is 202 g/mol. The third-order valence-corrected chi connectivity index (χ3v) is 2.86. The first-order chi connectivity index (χ1) is 6.78. The summed E-state index contributed by atoms with van der Waals surface area (Å²) in [5.41, 5.74) is -1.22. The van der Waals surface area contributed by atoms with Crippen molar-refractivity contribution in [3.63, 3.8) is 0 Å². The Labute approximate surface area is 86.5 Å². The topological polar surface area (TPSA) is 94.9 Å². The Kier molecular flexibility index (Phi) is 2.70. The third kappa shape index (κ3) is 1.79. The zero-order valence-corrected chi connectivity index (χ0v) is 8.56. The van der Waals surface area contributed by atoms with Crippen molar-refractivity contribution in [3.8, 4) is 0 Å². The fraction of sp³-hybridized carbons (Fsp3) is 0.667. The van der Waals surface area contributed by atoms with E-state index in [4.69, 9.17) is 10.2 Å². The molecule has 0 aliphatic carbocycles. The van der Waals surface area contributed by atoms with Crippen LogP contribution in [0.15, 0.2) is 0 Å². The third-order valence-electron chi connectivity index (χ3n) is 2.86. The first kappa shape index (κ1) is 11.5. The van der Waals surface area contributed by atoms with Crippen molar-refractivity contribution < 1.29 is 24.6 Å². The number of hydrogen-bond acceptors (Lipinski definition) is 3. The Hall–Kier alpha value is -1.59. The highest BCUT2D eigenvalue weighted by atomic mass is 16.4. The minimum Gasteiger partial charge on any atom is -0.481 e. The van der Waals surface area contributed by atoms with Gasteiger partial charge in [-0.1, -0.05) is 0 Å². The van der Waals surface area contributed by atoms with E-state index in [9.17, 15) is 14.4 Å². The average molecular weight is 215 g/mol. The minimum absolute atomic E-state index is 0.0789. The van der Waals surface area contributed by atoms with Gasteiger partial charge in [-0.15, -0.1) is 0 Å². The Morgan fingerprint density at radius 3 is 2.27 bits per heavy atom. The SMILES string of the molecule is CC(C)(C(=O)O)C1CCN(C(=O)O)C1=O. The van der Waals surface area contributed by atoms with Gasteiger partial charge in [-0.2, -0.15) is 0 Å². The zero-order chi connectivity index (χ0) is 11.8. The maximum Gasteiger partial charge on any atom is 0.414 e. The van der Waals surface area contributed by atoms with Gasteiger partial charge in [0.25, 0.3) is 0 Å². The second-order valence-corrected chi connectivity index (χ2v) is 4.14. The van der Waals surface area contributed by atoms with Gasteiger partial charge >= 0.3 is 12.1 Å². The lowest BCUT2D eigenvalue weighted by Gasteiger charge is -2.24. The molecule has 84 valence electrons. The van der Waals surface area contributed by atoms with Crippen molar-refractivity contribution in [2.45, 2.75) is 20.3 Å². The van der Waals surface area contributed by atoms with Crippen molar-refractivity contribution in [2.75, 3.05) is 6.54 Å². The second-order valence-electron chi connectivity index (χ2n) is 4.14. The molecule has 0 saturated carbocycles. The number of amides is 2. The molecule has 1 aliphatic rings. The predicted octanol–water partition coefficient (Wildman–Crippen LogP) is 0.624. The number of carbonyl (C=O) groups excluding carboxylic acids is 1. The Morgan fingerprint density at radius 2 is 1.93 bits per heavy atom. The average Bonchev–Trinajstić information content (AvgIpc) is 2.46. The summed E-state index contributed by atoms with van der Waals surface area (Å²) in [7, 11) is 0. The Morgan fingerprint density at radius 1 is 1.40 bits per heavy atom. The molecule has 2 N–H and O–H groups in total. The van der Waals surface area contributed by atoms with Gasteiger partial charge < -0.3 is 10.2 Å². The highest BCUT2D eigenvalue weighted by molar-refractivity contribution is 5.97. The molecular formula is C9H13NO5. The highest BCUT2D eigenvalue weighted by Crippen LogP contribution is 2.35. The van der Waals surface area contributed by atoms with Gasteiger partial charge in [0.2, 0.25) is 5.91 Å². The molecule has 1 atom stereocenters. The van der Waals surface area contributed by atoms with E-state index in [-0.39, 0.29) is 13.0 Å². The van der Waals surface area contributed by atoms with E-state index < -0.39 is 29.3 Å². The first-order valence-electron chi connectivity index (χ1n) is 4.56. The van der Waals surface area contributed by atoms with Crippen LogP contribution in [0.1, 0.15) is 20.3 Å². The number of rotatable bonds is 2. The fourth-order valence-corrected chi connectivity index (χ4v) is 1.69. The molecule has 0 aromatic carbocycles. The molecule has 0 aromatic heterocycles. The molecule has 1 aliphatic heterocycles.